The monoisotopic (exact) mass is 251 g/mol. The molecule has 0 aromatic carbocycles. The lowest BCUT2D eigenvalue weighted by Crippen LogP contribution is -2.37. The highest BCUT2D eigenvalue weighted by atomic mass is 16.4. The highest BCUT2D eigenvalue weighted by Gasteiger charge is 2.24. The number of carbonyl (C=O) groups is 1. The molecule has 1 fully saturated rings. The molecule has 0 bridgehead atoms. The lowest BCUT2D eigenvalue weighted by Gasteiger charge is -2.36. The van der Waals surface area contributed by atoms with Crippen molar-refractivity contribution in [3.05, 3.63) is 24.2 Å². The van der Waals surface area contributed by atoms with E-state index in [9.17, 15) is 4.79 Å². The van der Waals surface area contributed by atoms with Gasteiger partial charge in [-0.05, 0) is 44.7 Å². The van der Waals surface area contributed by atoms with Crippen LogP contribution in [-0.2, 0) is 4.79 Å². The maximum atomic E-state index is 10.6. The van der Waals surface area contributed by atoms with Crippen molar-refractivity contribution in [2.45, 2.75) is 38.6 Å². The smallest absolute Gasteiger partial charge is 0.303 e. The first-order valence-corrected chi connectivity index (χ1v) is 6.64. The summed E-state index contributed by atoms with van der Waals surface area (Å²) < 4.78 is 5.13. The van der Waals surface area contributed by atoms with Gasteiger partial charge in [0.25, 0.3) is 0 Å². The molecule has 1 aliphatic rings. The molecule has 2 atom stereocenters. The van der Waals surface area contributed by atoms with Crippen molar-refractivity contribution in [2.24, 2.45) is 5.92 Å². The standard InChI is InChI=1S/C14H21NO3/c1-11(13-6-8-18-10-13)15-7-2-3-12(9-15)4-5-14(16)17/h6,8,10-12H,2-5,7,9H2,1H3,(H,16,17). The zero-order chi connectivity index (χ0) is 13.0. The van der Waals surface area contributed by atoms with E-state index >= 15 is 0 Å². The summed E-state index contributed by atoms with van der Waals surface area (Å²) in [5.74, 6) is -0.167. The molecule has 2 rings (SSSR count). The summed E-state index contributed by atoms with van der Waals surface area (Å²) in [5, 5.41) is 8.74. The number of likely N-dealkylation sites (tertiary alicyclic amines) is 1. The van der Waals surface area contributed by atoms with E-state index in [0.717, 1.165) is 32.4 Å². The minimum absolute atomic E-state index is 0.290. The minimum Gasteiger partial charge on any atom is -0.481 e. The Labute approximate surface area is 108 Å². The van der Waals surface area contributed by atoms with Crippen molar-refractivity contribution in [1.82, 2.24) is 4.90 Å². The van der Waals surface area contributed by atoms with Crippen LogP contribution in [0.4, 0.5) is 0 Å². The number of aliphatic carboxylic acids is 1. The fourth-order valence-corrected chi connectivity index (χ4v) is 2.74. The Morgan fingerprint density at radius 2 is 2.50 bits per heavy atom. The van der Waals surface area contributed by atoms with Gasteiger partial charge >= 0.3 is 5.97 Å². The molecular formula is C14H21NO3. The number of nitrogens with zero attached hydrogens (tertiary/aromatic N) is 1. The average molecular weight is 251 g/mol. The molecule has 0 aliphatic carbocycles. The van der Waals surface area contributed by atoms with Crippen molar-refractivity contribution >= 4 is 5.97 Å². The first-order chi connectivity index (χ1) is 8.66. The second-order valence-corrected chi connectivity index (χ2v) is 5.17. The van der Waals surface area contributed by atoms with Gasteiger partial charge in [0, 0.05) is 24.6 Å². The predicted octanol–water partition coefficient (Wildman–Crippen LogP) is 2.92. The van der Waals surface area contributed by atoms with Crippen LogP contribution in [0.5, 0.6) is 0 Å². The van der Waals surface area contributed by atoms with E-state index in [2.05, 4.69) is 11.8 Å². The van der Waals surface area contributed by atoms with Gasteiger partial charge in [0.1, 0.15) is 0 Å². The molecule has 1 aromatic rings. The average Bonchev–Trinajstić information content (AvgIpc) is 2.89. The van der Waals surface area contributed by atoms with Gasteiger partial charge in [-0.15, -0.1) is 0 Å². The molecule has 0 spiro atoms. The summed E-state index contributed by atoms with van der Waals surface area (Å²) >= 11 is 0. The highest BCUT2D eigenvalue weighted by Crippen LogP contribution is 2.28. The molecule has 2 unspecified atom stereocenters. The van der Waals surface area contributed by atoms with Gasteiger partial charge in [-0.3, -0.25) is 9.69 Å². The molecule has 1 aromatic heterocycles. The Kier molecular flexibility index (Phi) is 4.42. The summed E-state index contributed by atoms with van der Waals surface area (Å²) in [5.41, 5.74) is 1.20. The van der Waals surface area contributed by atoms with Gasteiger partial charge in [-0.2, -0.15) is 0 Å². The fraction of sp³-hybridized carbons (Fsp3) is 0.643. The molecule has 1 saturated heterocycles. The van der Waals surface area contributed by atoms with Crippen LogP contribution in [0.3, 0.4) is 0 Å². The van der Waals surface area contributed by atoms with Gasteiger partial charge in [0.2, 0.25) is 0 Å². The number of rotatable bonds is 5. The van der Waals surface area contributed by atoms with Crippen LogP contribution >= 0.6 is 0 Å². The van der Waals surface area contributed by atoms with Crippen molar-refractivity contribution in [3.63, 3.8) is 0 Å². The SMILES string of the molecule is CC(c1ccoc1)N1CCCC(CCC(=O)O)C1. The Morgan fingerprint density at radius 3 is 3.17 bits per heavy atom. The second kappa shape index (κ2) is 6.05. The van der Waals surface area contributed by atoms with Crippen LogP contribution in [0.2, 0.25) is 0 Å². The van der Waals surface area contributed by atoms with E-state index in [-0.39, 0.29) is 0 Å². The quantitative estimate of drug-likeness (QED) is 0.874. The third-order valence-electron chi connectivity index (χ3n) is 3.89. The van der Waals surface area contributed by atoms with Gasteiger partial charge in [0.05, 0.1) is 12.5 Å². The normalized spacial score (nSPS) is 22.8. The molecule has 4 nitrogen and oxygen atoms in total. The van der Waals surface area contributed by atoms with E-state index in [1.165, 1.54) is 5.56 Å². The molecule has 2 heterocycles. The summed E-state index contributed by atoms with van der Waals surface area (Å²) in [7, 11) is 0. The zero-order valence-corrected chi connectivity index (χ0v) is 10.8. The number of furan rings is 1. The third kappa shape index (κ3) is 3.35. The van der Waals surface area contributed by atoms with Gasteiger partial charge in [-0.25, -0.2) is 0 Å². The van der Waals surface area contributed by atoms with Crippen LogP contribution in [0.15, 0.2) is 23.0 Å². The van der Waals surface area contributed by atoms with Crippen molar-refractivity contribution < 1.29 is 14.3 Å². The third-order valence-corrected chi connectivity index (χ3v) is 3.89. The Balaban J connectivity index is 1.88. The lowest BCUT2D eigenvalue weighted by atomic mass is 9.92. The number of hydrogen-bond acceptors (Lipinski definition) is 3. The number of piperidine rings is 1. The second-order valence-electron chi connectivity index (χ2n) is 5.17. The van der Waals surface area contributed by atoms with Crippen LogP contribution < -0.4 is 0 Å². The Morgan fingerprint density at radius 1 is 1.67 bits per heavy atom. The molecule has 18 heavy (non-hydrogen) atoms. The van der Waals surface area contributed by atoms with Crippen LogP contribution in [0, 0.1) is 5.92 Å². The first kappa shape index (κ1) is 13.1. The molecular weight excluding hydrogens is 230 g/mol. The van der Waals surface area contributed by atoms with E-state index < -0.39 is 5.97 Å². The molecule has 0 saturated carbocycles. The minimum atomic E-state index is -0.685. The van der Waals surface area contributed by atoms with Crippen molar-refractivity contribution in [2.75, 3.05) is 13.1 Å². The largest absolute Gasteiger partial charge is 0.481 e. The summed E-state index contributed by atoms with van der Waals surface area (Å²) in [6, 6.07) is 2.36. The lowest BCUT2D eigenvalue weighted by molar-refractivity contribution is -0.137. The van der Waals surface area contributed by atoms with Gasteiger partial charge < -0.3 is 9.52 Å². The number of carboxylic acids is 1. The summed E-state index contributed by atoms with van der Waals surface area (Å²) in [6.07, 6.45) is 6.90. The van der Waals surface area contributed by atoms with Crippen LogP contribution in [0.1, 0.15) is 44.2 Å². The van der Waals surface area contributed by atoms with Gasteiger partial charge in [0.15, 0.2) is 0 Å². The number of hydrogen-bond donors (Lipinski definition) is 1. The Bertz CT molecular complexity index is 374. The first-order valence-electron chi connectivity index (χ1n) is 6.64. The number of carboxylic acid groups (broad SMARTS) is 1. The van der Waals surface area contributed by atoms with Crippen molar-refractivity contribution in [3.8, 4) is 0 Å². The topological polar surface area (TPSA) is 53.7 Å². The molecule has 1 aliphatic heterocycles. The maximum absolute atomic E-state index is 10.6. The molecule has 0 radical (unpaired) electrons. The Hall–Kier alpha value is -1.29. The van der Waals surface area contributed by atoms with Crippen molar-refractivity contribution in [1.29, 1.82) is 0 Å². The zero-order valence-electron chi connectivity index (χ0n) is 10.8. The van der Waals surface area contributed by atoms with Gasteiger partial charge in [-0.1, -0.05) is 0 Å². The molecule has 4 heteroatoms. The maximum Gasteiger partial charge on any atom is 0.303 e. The summed E-state index contributed by atoms with van der Waals surface area (Å²) in [6.45, 7) is 4.28. The van der Waals surface area contributed by atoms with E-state index in [0.29, 0.717) is 18.4 Å². The molecule has 0 amide bonds. The highest BCUT2D eigenvalue weighted by molar-refractivity contribution is 5.66. The fourth-order valence-electron chi connectivity index (χ4n) is 2.74. The predicted molar refractivity (Wildman–Crippen MR) is 68.3 cm³/mol. The van der Waals surface area contributed by atoms with E-state index in [1.54, 1.807) is 12.5 Å². The summed E-state index contributed by atoms with van der Waals surface area (Å²) in [4.78, 5) is 13.0. The molecule has 1 N–H and O–H groups in total. The molecule has 100 valence electrons. The van der Waals surface area contributed by atoms with Crippen LogP contribution in [-0.4, -0.2) is 29.1 Å². The van der Waals surface area contributed by atoms with E-state index in [4.69, 9.17) is 9.52 Å². The van der Waals surface area contributed by atoms with E-state index in [1.807, 2.05) is 6.07 Å². The van der Waals surface area contributed by atoms with Crippen LogP contribution in [0.25, 0.3) is 0 Å².